The molecule has 0 amide bonds. The second-order valence-corrected chi connectivity index (χ2v) is 5.06. The van der Waals surface area contributed by atoms with Crippen LogP contribution in [-0.4, -0.2) is 29.7 Å². The number of ether oxygens (including phenoxy) is 2. The van der Waals surface area contributed by atoms with Gasteiger partial charge in [0.05, 0.1) is 37.4 Å². The Morgan fingerprint density at radius 3 is 1.77 bits per heavy atom. The molecule has 7 heteroatoms. The van der Waals surface area contributed by atoms with Crippen molar-refractivity contribution < 1.29 is 23.6 Å². The largest absolute Gasteiger partial charge is 0.462 e. The normalized spacial score (nSPS) is 9.38. The van der Waals surface area contributed by atoms with E-state index in [0.29, 0.717) is 0 Å². The van der Waals surface area contributed by atoms with Gasteiger partial charge in [-0.3, -0.25) is 0 Å². The number of hydrogen-bond acceptors (Lipinski definition) is 4. The van der Waals surface area contributed by atoms with Crippen LogP contribution in [0.2, 0.25) is 0 Å². The minimum Gasteiger partial charge on any atom is -0.462 e. The van der Waals surface area contributed by atoms with Crippen molar-refractivity contribution in [2.75, 3.05) is 13.2 Å². The van der Waals surface area contributed by atoms with Gasteiger partial charge in [-0.05, 0) is 39.8 Å². The molecule has 2 rings (SSSR count). The van der Waals surface area contributed by atoms with Crippen LogP contribution in [0.5, 0.6) is 0 Å². The van der Waals surface area contributed by atoms with Crippen molar-refractivity contribution in [1.29, 1.82) is 0 Å². The number of imidazole rings is 1. The molecular formula is C19H30N2O4P+. The van der Waals surface area contributed by atoms with Crippen LogP contribution in [0.25, 0.3) is 0 Å². The van der Waals surface area contributed by atoms with Gasteiger partial charge in [-0.25, -0.2) is 18.7 Å². The van der Waals surface area contributed by atoms with Gasteiger partial charge < -0.3 is 9.47 Å². The average molecular weight is 381 g/mol. The molecule has 0 N–H and O–H groups in total. The molecule has 0 fully saturated rings. The van der Waals surface area contributed by atoms with Crippen molar-refractivity contribution in [3.8, 4) is 0 Å². The first-order chi connectivity index (χ1) is 12.1. The molecule has 0 saturated carbocycles. The number of esters is 2. The highest BCUT2D eigenvalue weighted by atomic mass is 31.0. The monoisotopic (exact) mass is 381 g/mol. The van der Waals surface area contributed by atoms with E-state index >= 15 is 0 Å². The fraction of sp³-hybridized carbons (Fsp3) is 0.421. The summed E-state index contributed by atoms with van der Waals surface area (Å²) in [7, 11) is 0. The predicted molar refractivity (Wildman–Crippen MR) is 105 cm³/mol. The third-order valence-corrected chi connectivity index (χ3v) is 3.39. The summed E-state index contributed by atoms with van der Waals surface area (Å²) >= 11 is 0. The molecule has 1 aromatic carbocycles. The molecule has 0 aliphatic carbocycles. The summed E-state index contributed by atoms with van der Waals surface area (Å²) in [6.45, 7) is 10.4. The van der Waals surface area contributed by atoms with Crippen LogP contribution >= 0.6 is 9.90 Å². The summed E-state index contributed by atoms with van der Waals surface area (Å²) in [4.78, 5) is 23.1. The number of benzene rings is 1. The van der Waals surface area contributed by atoms with E-state index in [0.717, 1.165) is 13.1 Å². The highest BCUT2D eigenvalue weighted by molar-refractivity contribution is 6.92. The molecule has 0 radical (unpaired) electrons. The highest BCUT2D eigenvalue weighted by Gasteiger charge is 2.17. The molecule has 144 valence electrons. The van der Waals surface area contributed by atoms with Crippen molar-refractivity contribution in [2.24, 2.45) is 0 Å². The first kappa shape index (κ1) is 23.8. The zero-order valence-electron chi connectivity index (χ0n) is 16.1. The van der Waals surface area contributed by atoms with E-state index in [1.54, 1.807) is 38.1 Å². The molecule has 6 nitrogen and oxygen atoms in total. The second kappa shape index (κ2) is 13.1. The van der Waals surface area contributed by atoms with Crippen LogP contribution in [0.3, 0.4) is 0 Å². The van der Waals surface area contributed by atoms with Crippen LogP contribution in [0, 0.1) is 0 Å². The Balaban J connectivity index is 0.000000532. The molecule has 2 aromatic rings. The van der Waals surface area contributed by atoms with Crippen LogP contribution in [0.4, 0.5) is 0 Å². The number of carbonyl (C=O) groups excluding carboxylic acids is 2. The third kappa shape index (κ3) is 7.36. The predicted octanol–water partition coefficient (Wildman–Crippen LogP) is 2.91. The van der Waals surface area contributed by atoms with Crippen molar-refractivity contribution in [2.45, 2.75) is 40.8 Å². The Morgan fingerprint density at radius 2 is 1.46 bits per heavy atom. The van der Waals surface area contributed by atoms with Gasteiger partial charge in [0, 0.05) is 0 Å². The summed E-state index contributed by atoms with van der Waals surface area (Å²) in [6, 6.07) is 6.44. The van der Waals surface area contributed by atoms with Crippen molar-refractivity contribution in [3.05, 3.63) is 54.1 Å². The fourth-order valence-electron chi connectivity index (χ4n) is 2.07. The van der Waals surface area contributed by atoms with Gasteiger partial charge in [0.25, 0.3) is 0 Å². The number of rotatable bonds is 6. The molecular weight excluding hydrogens is 351 g/mol. The SMILES string of the molecule is CCOC(=O)c1ccccc1C(=O)OCC.CCn1cc[n+](CC)c1.P. The quantitative estimate of drug-likeness (QED) is 0.439. The average Bonchev–Trinajstić information content (AvgIpc) is 3.11. The summed E-state index contributed by atoms with van der Waals surface area (Å²) in [6.07, 6.45) is 6.28. The van der Waals surface area contributed by atoms with Gasteiger partial charge >= 0.3 is 11.9 Å². The smallest absolute Gasteiger partial charge is 0.338 e. The second-order valence-electron chi connectivity index (χ2n) is 5.06. The van der Waals surface area contributed by atoms with Gasteiger partial charge in [-0.1, -0.05) is 12.1 Å². The van der Waals surface area contributed by atoms with Crippen LogP contribution < -0.4 is 4.57 Å². The van der Waals surface area contributed by atoms with Gasteiger partial charge in [-0.15, -0.1) is 0 Å². The Morgan fingerprint density at radius 1 is 0.962 bits per heavy atom. The van der Waals surface area contributed by atoms with Crippen LogP contribution in [-0.2, 0) is 22.6 Å². The molecule has 0 spiro atoms. The van der Waals surface area contributed by atoms with E-state index in [1.165, 1.54) is 0 Å². The Labute approximate surface area is 158 Å². The lowest BCUT2D eigenvalue weighted by molar-refractivity contribution is -0.693. The number of aryl methyl sites for hydroxylation is 2. The van der Waals surface area contributed by atoms with Gasteiger partial charge in [-0.2, -0.15) is 9.90 Å². The summed E-state index contributed by atoms with van der Waals surface area (Å²) in [5.74, 6) is -1.02. The van der Waals surface area contributed by atoms with E-state index in [4.69, 9.17) is 9.47 Å². The highest BCUT2D eigenvalue weighted by Crippen LogP contribution is 2.11. The minimum absolute atomic E-state index is 0. The molecule has 0 saturated heterocycles. The third-order valence-electron chi connectivity index (χ3n) is 3.39. The standard InChI is InChI=1S/C12H14O4.C7H13N2.H3P/c1-3-15-11(13)9-7-5-6-8-10(9)12(14)16-4-2;1-3-8-5-6-9(4-2)7-8;/h5-8H,3-4H2,1-2H3;5-7H,3-4H2,1-2H3;1H3/q;+1;. The summed E-state index contributed by atoms with van der Waals surface area (Å²) in [5.41, 5.74) is 0.477. The molecule has 26 heavy (non-hydrogen) atoms. The number of hydrogen-bond donors (Lipinski definition) is 0. The van der Waals surface area contributed by atoms with E-state index in [1.807, 2.05) is 0 Å². The summed E-state index contributed by atoms with van der Waals surface area (Å²) < 4.78 is 14.0. The van der Waals surface area contributed by atoms with Gasteiger partial charge in [0.15, 0.2) is 0 Å². The maximum atomic E-state index is 11.5. The van der Waals surface area contributed by atoms with E-state index < -0.39 is 11.9 Å². The molecule has 1 atom stereocenters. The van der Waals surface area contributed by atoms with Crippen LogP contribution in [0.1, 0.15) is 48.4 Å². The topological polar surface area (TPSA) is 61.4 Å². The van der Waals surface area contributed by atoms with E-state index in [2.05, 4.69) is 41.7 Å². The molecule has 0 aliphatic heterocycles. The number of nitrogens with zero attached hydrogens (tertiary/aromatic N) is 2. The first-order valence-electron chi connectivity index (χ1n) is 8.55. The molecule has 1 aromatic heterocycles. The lowest BCUT2D eigenvalue weighted by atomic mass is 10.1. The van der Waals surface area contributed by atoms with Gasteiger partial charge in [0.1, 0.15) is 12.4 Å². The van der Waals surface area contributed by atoms with Crippen molar-refractivity contribution in [1.82, 2.24) is 4.57 Å². The fourth-order valence-corrected chi connectivity index (χ4v) is 2.07. The Kier molecular flexibility index (Phi) is 12.0. The Bertz CT molecular complexity index is 630. The van der Waals surface area contributed by atoms with Gasteiger partial charge in [0.2, 0.25) is 6.33 Å². The number of aromatic nitrogens is 2. The molecule has 0 bridgehead atoms. The first-order valence-corrected chi connectivity index (χ1v) is 8.55. The maximum absolute atomic E-state index is 11.5. The zero-order chi connectivity index (χ0) is 18.7. The maximum Gasteiger partial charge on any atom is 0.338 e. The Hall–Kier alpha value is -2.20. The summed E-state index contributed by atoms with van der Waals surface area (Å²) in [5, 5.41) is 0. The molecule has 1 unspecified atom stereocenters. The van der Waals surface area contributed by atoms with Crippen LogP contribution in [0.15, 0.2) is 43.0 Å². The molecule has 0 aliphatic rings. The zero-order valence-corrected chi connectivity index (χ0v) is 17.5. The van der Waals surface area contributed by atoms with E-state index in [9.17, 15) is 9.59 Å². The van der Waals surface area contributed by atoms with Crippen molar-refractivity contribution in [3.63, 3.8) is 0 Å². The van der Waals surface area contributed by atoms with Crippen molar-refractivity contribution >= 4 is 21.8 Å². The number of carbonyl (C=O) groups is 2. The lowest BCUT2D eigenvalue weighted by Crippen LogP contribution is -2.28. The minimum atomic E-state index is -0.508. The lowest BCUT2D eigenvalue weighted by Gasteiger charge is -2.07. The van der Waals surface area contributed by atoms with E-state index in [-0.39, 0.29) is 34.2 Å². The molecule has 1 heterocycles.